The van der Waals surface area contributed by atoms with E-state index in [4.69, 9.17) is 14.2 Å². The van der Waals surface area contributed by atoms with Gasteiger partial charge in [-0.05, 0) is 11.1 Å². The number of carbonyl (C=O) groups is 1. The minimum Gasteiger partial charge on any atom is -0.433 e. The summed E-state index contributed by atoms with van der Waals surface area (Å²) in [7, 11) is 0. The Labute approximate surface area is 113 Å². The van der Waals surface area contributed by atoms with Gasteiger partial charge >= 0.3 is 6.16 Å². The van der Waals surface area contributed by atoms with Crippen LogP contribution in [0.25, 0.3) is 6.08 Å². The van der Waals surface area contributed by atoms with Crippen molar-refractivity contribution in [2.75, 3.05) is 19.8 Å². The molecule has 1 aromatic carbocycles. The lowest BCUT2D eigenvalue weighted by Crippen LogP contribution is -2.40. The van der Waals surface area contributed by atoms with Crippen LogP contribution in [0.4, 0.5) is 4.79 Å². The summed E-state index contributed by atoms with van der Waals surface area (Å²) >= 11 is 0. The molecular weight excluding hydrogens is 244 g/mol. The van der Waals surface area contributed by atoms with E-state index in [-0.39, 0.29) is 5.41 Å². The molecule has 2 rings (SSSR count). The van der Waals surface area contributed by atoms with Crippen LogP contribution in [0.5, 0.6) is 0 Å². The van der Waals surface area contributed by atoms with Crippen LogP contribution in [0.15, 0.2) is 30.8 Å². The Morgan fingerprint density at radius 1 is 1.32 bits per heavy atom. The summed E-state index contributed by atoms with van der Waals surface area (Å²) in [5.41, 5.74) is 1.92. The molecule has 19 heavy (non-hydrogen) atoms. The maximum atomic E-state index is 10.8. The SMILES string of the molecule is C=Cc1ccc(COCC2(C)COC(=O)OC2)cc1. The fourth-order valence-corrected chi connectivity index (χ4v) is 1.80. The standard InChI is InChI=1S/C15H18O4/c1-3-12-4-6-13(7-5-12)8-17-9-15(2)10-18-14(16)19-11-15/h3-7H,1,8-11H2,2H3. The molecule has 1 aliphatic heterocycles. The highest BCUT2D eigenvalue weighted by atomic mass is 16.7. The molecule has 0 bridgehead atoms. The topological polar surface area (TPSA) is 44.8 Å². The summed E-state index contributed by atoms with van der Waals surface area (Å²) in [4.78, 5) is 10.8. The predicted octanol–water partition coefficient (Wildman–Crippen LogP) is 3.02. The molecule has 1 aromatic rings. The summed E-state index contributed by atoms with van der Waals surface area (Å²) in [5, 5.41) is 0. The average Bonchev–Trinajstić information content (AvgIpc) is 2.43. The molecule has 0 unspecified atom stereocenters. The fraction of sp³-hybridized carbons (Fsp3) is 0.400. The Bertz CT molecular complexity index is 440. The van der Waals surface area contributed by atoms with Gasteiger partial charge in [-0.15, -0.1) is 0 Å². The third-order valence-corrected chi connectivity index (χ3v) is 3.01. The molecule has 1 heterocycles. The number of cyclic esters (lactones) is 2. The molecule has 1 saturated heterocycles. The van der Waals surface area contributed by atoms with Crippen molar-refractivity contribution in [2.45, 2.75) is 13.5 Å². The second-order valence-electron chi connectivity index (χ2n) is 5.08. The van der Waals surface area contributed by atoms with Gasteiger partial charge in [-0.25, -0.2) is 4.79 Å². The van der Waals surface area contributed by atoms with Crippen LogP contribution in [0.1, 0.15) is 18.1 Å². The zero-order valence-corrected chi connectivity index (χ0v) is 11.1. The van der Waals surface area contributed by atoms with Gasteiger partial charge in [-0.1, -0.05) is 43.8 Å². The Morgan fingerprint density at radius 2 is 1.95 bits per heavy atom. The van der Waals surface area contributed by atoms with E-state index in [1.807, 2.05) is 31.2 Å². The Morgan fingerprint density at radius 3 is 2.53 bits per heavy atom. The van der Waals surface area contributed by atoms with Crippen LogP contribution < -0.4 is 0 Å². The van der Waals surface area contributed by atoms with Gasteiger partial charge in [0.2, 0.25) is 0 Å². The predicted molar refractivity (Wildman–Crippen MR) is 71.6 cm³/mol. The molecule has 1 aliphatic rings. The lowest BCUT2D eigenvalue weighted by molar-refractivity contribution is -0.0876. The van der Waals surface area contributed by atoms with Crippen molar-refractivity contribution < 1.29 is 19.0 Å². The molecule has 0 saturated carbocycles. The molecule has 4 heteroatoms. The third-order valence-electron chi connectivity index (χ3n) is 3.01. The molecule has 0 radical (unpaired) electrons. The van der Waals surface area contributed by atoms with Crippen LogP contribution in [0.2, 0.25) is 0 Å². The first-order chi connectivity index (χ1) is 9.11. The molecule has 0 aliphatic carbocycles. The van der Waals surface area contributed by atoms with Gasteiger partial charge in [-0.3, -0.25) is 0 Å². The van der Waals surface area contributed by atoms with Crippen LogP contribution in [0.3, 0.4) is 0 Å². The van der Waals surface area contributed by atoms with Crippen molar-refractivity contribution in [1.82, 2.24) is 0 Å². The van der Waals surface area contributed by atoms with Gasteiger partial charge in [0.15, 0.2) is 0 Å². The van der Waals surface area contributed by atoms with E-state index in [0.717, 1.165) is 11.1 Å². The van der Waals surface area contributed by atoms with Crippen molar-refractivity contribution in [3.63, 3.8) is 0 Å². The van der Waals surface area contributed by atoms with E-state index in [0.29, 0.717) is 26.4 Å². The normalized spacial score (nSPS) is 17.4. The zero-order chi connectivity index (χ0) is 13.7. The minimum atomic E-state index is -0.600. The number of benzene rings is 1. The summed E-state index contributed by atoms with van der Waals surface area (Å²) in [6.07, 6.45) is 1.21. The maximum absolute atomic E-state index is 10.8. The van der Waals surface area contributed by atoms with Crippen molar-refractivity contribution in [3.05, 3.63) is 42.0 Å². The van der Waals surface area contributed by atoms with Crippen molar-refractivity contribution in [3.8, 4) is 0 Å². The summed E-state index contributed by atoms with van der Waals surface area (Å²) in [6, 6.07) is 8.02. The van der Waals surface area contributed by atoms with Gasteiger partial charge < -0.3 is 14.2 Å². The third kappa shape index (κ3) is 3.83. The van der Waals surface area contributed by atoms with E-state index in [9.17, 15) is 4.79 Å². The highest BCUT2D eigenvalue weighted by molar-refractivity contribution is 5.60. The number of rotatable bonds is 5. The zero-order valence-electron chi connectivity index (χ0n) is 11.1. The van der Waals surface area contributed by atoms with Gasteiger partial charge in [0.25, 0.3) is 0 Å². The van der Waals surface area contributed by atoms with E-state index < -0.39 is 6.16 Å². The van der Waals surface area contributed by atoms with E-state index in [2.05, 4.69) is 6.58 Å². The van der Waals surface area contributed by atoms with Crippen molar-refractivity contribution >= 4 is 12.2 Å². The summed E-state index contributed by atoms with van der Waals surface area (Å²) < 4.78 is 15.4. The lowest BCUT2D eigenvalue weighted by Gasteiger charge is -2.31. The molecule has 0 spiro atoms. The lowest BCUT2D eigenvalue weighted by atomic mass is 9.94. The monoisotopic (exact) mass is 262 g/mol. The quantitative estimate of drug-likeness (QED) is 0.765. The molecular formula is C15H18O4. The number of hydrogen-bond donors (Lipinski definition) is 0. The summed E-state index contributed by atoms with van der Waals surface area (Å²) in [6.45, 7) is 7.37. The first kappa shape index (κ1) is 13.6. The minimum absolute atomic E-state index is 0.269. The highest BCUT2D eigenvalue weighted by Crippen LogP contribution is 2.23. The summed E-state index contributed by atoms with van der Waals surface area (Å²) in [5.74, 6) is 0. The smallest absolute Gasteiger partial charge is 0.433 e. The van der Waals surface area contributed by atoms with Crippen LogP contribution in [-0.4, -0.2) is 26.0 Å². The average molecular weight is 262 g/mol. The Kier molecular flexibility index (Phi) is 4.22. The molecule has 102 valence electrons. The number of ether oxygens (including phenoxy) is 3. The van der Waals surface area contributed by atoms with Crippen molar-refractivity contribution in [2.24, 2.45) is 5.41 Å². The second kappa shape index (κ2) is 5.89. The Balaban J connectivity index is 1.79. The first-order valence-electron chi connectivity index (χ1n) is 6.20. The van der Waals surface area contributed by atoms with Crippen LogP contribution >= 0.6 is 0 Å². The van der Waals surface area contributed by atoms with E-state index >= 15 is 0 Å². The van der Waals surface area contributed by atoms with E-state index in [1.165, 1.54) is 0 Å². The maximum Gasteiger partial charge on any atom is 0.508 e. The van der Waals surface area contributed by atoms with Gasteiger partial charge in [-0.2, -0.15) is 0 Å². The van der Waals surface area contributed by atoms with Gasteiger partial charge in [0.1, 0.15) is 13.2 Å². The van der Waals surface area contributed by atoms with E-state index in [1.54, 1.807) is 6.08 Å². The first-order valence-corrected chi connectivity index (χ1v) is 6.20. The Hall–Kier alpha value is -1.81. The molecule has 0 N–H and O–H groups in total. The number of carbonyl (C=O) groups excluding carboxylic acids is 1. The van der Waals surface area contributed by atoms with Crippen molar-refractivity contribution in [1.29, 1.82) is 0 Å². The molecule has 4 nitrogen and oxygen atoms in total. The molecule has 1 fully saturated rings. The second-order valence-corrected chi connectivity index (χ2v) is 5.08. The highest BCUT2D eigenvalue weighted by Gasteiger charge is 2.33. The molecule has 0 amide bonds. The van der Waals surface area contributed by atoms with Gasteiger partial charge in [0, 0.05) is 0 Å². The van der Waals surface area contributed by atoms with Gasteiger partial charge in [0.05, 0.1) is 18.6 Å². The molecule has 0 aromatic heterocycles. The van der Waals surface area contributed by atoms with Crippen LogP contribution in [-0.2, 0) is 20.8 Å². The largest absolute Gasteiger partial charge is 0.508 e. The molecule has 0 atom stereocenters. The van der Waals surface area contributed by atoms with Crippen LogP contribution in [0, 0.1) is 5.41 Å². The fourth-order valence-electron chi connectivity index (χ4n) is 1.80. The number of hydrogen-bond acceptors (Lipinski definition) is 4.